The Morgan fingerprint density at radius 3 is 2.80 bits per heavy atom. The number of anilines is 1. The van der Waals surface area contributed by atoms with Gasteiger partial charge in [-0.2, -0.15) is 5.26 Å². The number of hydrogen-bond acceptors (Lipinski definition) is 5. The van der Waals surface area contributed by atoms with Crippen molar-refractivity contribution in [3.05, 3.63) is 39.8 Å². The molecule has 1 aromatic heterocycles. The van der Waals surface area contributed by atoms with E-state index in [0.29, 0.717) is 34.5 Å². The topological polar surface area (TPSA) is 75.8 Å². The molecule has 2 aromatic rings. The van der Waals surface area contributed by atoms with Crippen molar-refractivity contribution in [3.63, 3.8) is 0 Å². The predicted octanol–water partition coefficient (Wildman–Crippen LogP) is 2.46. The number of carbonyl (C=O) groups excluding carboxylic acids is 1. The molecule has 2 atom stereocenters. The first-order valence-corrected chi connectivity index (χ1v) is 11.1. The Balaban J connectivity index is 1.56. The average molecular weight is 429 g/mol. The number of quaternary nitrogens is 1. The number of thiophene rings is 1. The molecule has 1 unspecified atom stereocenters. The summed E-state index contributed by atoms with van der Waals surface area (Å²) in [4.78, 5) is 15.0. The van der Waals surface area contributed by atoms with Crippen LogP contribution in [0.3, 0.4) is 0 Å². The van der Waals surface area contributed by atoms with E-state index in [0.717, 1.165) is 48.3 Å². The summed E-state index contributed by atoms with van der Waals surface area (Å²) in [5.41, 5.74) is 2.95. The Hall–Kier alpha value is -2.56. The average Bonchev–Trinajstić information content (AvgIpc) is 3.07. The van der Waals surface area contributed by atoms with Crippen LogP contribution in [-0.2, 0) is 24.1 Å². The SMILES string of the molecule is COc1ccc(CC[NH+](C)CC(=O)Nc2sc3c(c2C#N)CC[C@@H](C)C3)cc1OC. The molecular formula is C23H30N3O3S+. The summed E-state index contributed by atoms with van der Waals surface area (Å²) in [6.07, 6.45) is 3.87. The van der Waals surface area contributed by atoms with Crippen LogP contribution in [0.4, 0.5) is 5.00 Å². The highest BCUT2D eigenvalue weighted by Gasteiger charge is 2.25. The molecule has 1 aliphatic carbocycles. The van der Waals surface area contributed by atoms with Gasteiger partial charge in [0, 0.05) is 11.3 Å². The van der Waals surface area contributed by atoms with Gasteiger partial charge in [0.2, 0.25) is 0 Å². The second kappa shape index (κ2) is 9.96. The van der Waals surface area contributed by atoms with Gasteiger partial charge < -0.3 is 19.7 Å². The number of carbonyl (C=O) groups is 1. The number of nitrogens with one attached hydrogen (secondary N) is 2. The largest absolute Gasteiger partial charge is 0.493 e. The number of nitriles is 1. The van der Waals surface area contributed by atoms with Crippen LogP contribution < -0.4 is 19.7 Å². The third kappa shape index (κ3) is 5.13. The van der Waals surface area contributed by atoms with E-state index in [9.17, 15) is 10.1 Å². The first-order valence-electron chi connectivity index (χ1n) is 10.3. The zero-order valence-corrected chi connectivity index (χ0v) is 18.9. The van der Waals surface area contributed by atoms with Crippen molar-refractivity contribution in [2.75, 3.05) is 39.7 Å². The van der Waals surface area contributed by atoms with E-state index in [1.807, 2.05) is 25.2 Å². The molecule has 1 aromatic carbocycles. The van der Waals surface area contributed by atoms with Gasteiger partial charge in [0.15, 0.2) is 18.0 Å². The minimum atomic E-state index is -0.0528. The van der Waals surface area contributed by atoms with Crippen LogP contribution in [0.2, 0.25) is 0 Å². The summed E-state index contributed by atoms with van der Waals surface area (Å²) in [7, 11) is 5.25. The molecule has 160 valence electrons. The van der Waals surface area contributed by atoms with Gasteiger partial charge in [-0.3, -0.25) is 4.79 Å². The lowest BCUT2D eigenvalue weighted by Gasteiger charge is -2.17. The Morgan fingerprint density at radius 1 is 1.33 bits per heavy atom. The number of methoxy groups -OCH3 is 2. The highest BCUT2D eigenvalue weighted by atomic mass is 32.1. The molecule has 2 N–H and O–H groups in total. The molecule has 0 bridgehead atoms. The first kappa shape index (κ1) is 22.1. The normalized spacial score (nSPS) is 16.3. The molecule has 1 aliphatic rings. The van der Waals surface area contributed by atoms with Crippen molar-refractivity contribution in [2.45, 2.75) is 32.6 Å². The maximum atomic E-state index is 12.6. The van der Waals surface area contributed by atoms with Crippen LogP contribution >= 0.6 is 11.3 Å². The fourth-order valence-corrected chi connectivity index (χ4v) is 5.26. The van der Waals surface area contributed by atoms with E-state index in [-0.39, 0.29) is 5.91 Å². The fourth-order valence-electron chi connectivity index (χ4n) is 3.88. The molecule has 6 nitrogen and oxygen atoms in total. The standard InChI is InChI=1S/C23H29N3O3S/c1-15-5-7-17-18(13-24)23(30-21(17)11-15)25-22(27)14-26(2)10-9-16-6-8-19(28-3)20(12-16)29-4/h6,8,12,15H,5,7,9-11,14H2,1-4H3,(H,25,27)/p+1/t15-/m1/s1. The van der Waals surface area contributed by atoms with Crippen molar-refractivity contribution in [3.8, 4) is 17.6 Å². The van der Waals surface area contributed by atoms with Gasteiger partial charge in [0.1, 0.15) is 11.1 Å². The fraction of sp³-hybridized carbons (Fsp3) is 0.478. The van der Waals surface area contributed by atoms with Crippen LogP contribution in [-0.4, -0.2) is 40.3 Å². The number of amides is 1. The molecule has 3 rings (SSSR count). The number of benzene rings is 1. The quantitative estimate of drug-likeness (QED) is 0.677. The Kier molecular flexibility index (Phi) is 7.35. The summed E-state index contributed by atoms with van der Waals surface area (Å²) in [6.45, 7) is 3.41. The van der Waals surface area contributed by atoms with E-state index in [1.54, 1.807) is 25.6 Å². The lowest BCUT2D eigenvalue weighted by atomic mass is 9.89. The third-order valence-electron chi connectivity index (χ3n) is 5.63. The lowest BCUT2D eigenvalue weighted by Crippen LogP contribution is -3.10. The number of hydrogen-bond donors (Lipinski definition) is 2. The van der Waals surface area contributed by atoms with Gasteiger partial charge in [-0.15, -0.1) is 11.3 Å². The molecule has 0 aliphatic heterocycles. The van der Waals surface area contributed by atoms with Crippen molar-refractivity contribution in [1.29, 1.82) is 5.26 Å². The van der Waals surface area contributed by atoms with Crippen LogP contribution in [0.25, 0.3) is 0 Å². The Labute approximate surface area is 182 Å². The van der Waals surface area contributed by atoms with Crippen molar-refractivity contribution in [2.24, 2.45) is 5.92 Å². The molecule has 1 heterocycles. The lowest BCUT2D eigenvalue weighted by molar-refractivity contribution is -0.870. The summed E-state index contributed by atoms with van der Waals surface area (Å²) in [6, 6.07) is 8.21. The van der Waals surface area contributed by atoms with Crippen LogP contribution in [0.5, 0.6) is 11.5 Å². The number of rotatable bonds is 8. The molecule has 7 heteroatoms. The van der Waals surface area contributed by atoms with E-state index < -0.39 is 0 Å². The number of ether oxygens (including phenoxy) is 2. The highest BCUT2D eigenvalue weighted by molar-refractivity contribution is 7.16. The van der Waals surface area contributed by atoms with Gasteiger partial charge in [0.05, 0.1) is 33.4 Å². The minimum Gasteiger partial charge on any atom is -0.493 e. The minimum absolute atomic E-state index is 0.0528. The summed E-state index contributed by atoms with van der Waals surface area (Å²) < 4.78 is 10.6. The zero-order valence-electron chi connectivity index (χ0n) is 18.1. The monoisotopic (exact) mass is 428 g/mol. The van der Waals surface area contributed by atoms with Gasteiger partial charge in [0.25, 0.3) is 5.91 Å². The molecule has 1 amide bonds. The molecule has 0 saturated heterocycles. The maximum absolute atomic E-state index is 12.6. The van der Waals surface area contributed by atoms with Gasteiger partial charge in [-0.05, 0) is 48.4 Å². The number of likely N-dealkylation sites (N-methyl/N-ethyl adjacent to an activating group) is 1. The molecule has 0 radical (unpaired) electrons. The van der Waals surface area contributed by atoms with E-state index >= 15 is 0 Å². The van der Waals surface area contributed by atoms with Crippen molar-refractivity contribution >= 4 is 22.2 Å². The summed E-state index contributed by atoms with van der Waals surface area (Å²) >= 11 is 1.57. The van der Waals surface area contributed by atoms with E-state index in [1.165, 1.54) is 4.88 Å². The Bertz CT molecular complexity index is 948. The first-order chi connectivity index (χ1) is 14.4. The van der Waals surface area contributed by atoms with Crippen molar-refractivity contribution in [1.82, 2.24) is 0 Å². The zero-order chi connectivity index (χ0) is 21.7. The maximum Gasteiger partial charge on any atom is 0.280 e. The third-order valence-corrected chi connectivity index (χ3v) is 6.80. The van der Waals surface area contributed by atoms with E-state index in [4.69, 9.17) is 9.47 Å². The summed E-state index contributed by atoms with van der Waals surface area (Å²) in [5, 5.41) is 13.3. The van der Waals surface area contributed by atoms with E-state index in [2.05, 4.69) is 18.3 Å². The Morgan fingerprint density at radius 2 is 2.10 bits per heavy atom. The van der Waals surface area contributed by atoms with Crippen LogP contribution in [0.1, 0.15) is 34.9 Å². The van der Waals surface area contributed by atoms with Gasteiger partial charge in [-0.1, -0.05) is 13.0 Å². The number of fused-ring (bicyclic) bond motifs is 1. The molecular weight excluding hydrogens is 398 g/mol. The van der Waals surface area contributed by atoms with Gasteiger partial charge >= 0.3 is 0 Å². The smallest absolute Gasteiger partial charge is 0.280 e. The van der Waals surface area contributed by atoms with Gasteiger partial charge in [-0.25, -0.2) is 0 Å². The molecule has 0 fully saturated rings. The highest BCUT2D eigenvalue weighted by Crippen LogP contribution is 2.39. The number of nitrogens with zero attached hydrogens (tertiary/aromatic N) is 1. The summed E-state index contributed by atoms with van der Waals surface area (Å²) in [5.74, 6) is 2.01. The van der Waals surface area contributed by atoms with Crippen LogP contribution in [0, 0.1) is 17.2 Å². The van der Waals surface area contributed by atoms with Crippen LogP contribution in [0.15, 0.2) is 18.2 Å². The second-order valence-electron chi connectivity index (χ2n) is 8.04. The molecule has 0 saturated carbocycles. The molecule has 0 spiro atoms. The molecule has 30 heavy (non-hydrogen) atoms. The second-order valence-corrected chi connectivity index (χ2v) is 9.14. The predicted molar refractivity (Wildman–Crippen MR) is 119 cm³/mol. The van der Waals surface area contributed by atoms with Crippen molar-refractivity contribution < 1.29 is 19.2 Å².